The highest BCUT2D eigenvalue weighted by molar-refractivity contribution is 5.26. The Morgan fingerprint density at radius 1 is 1.62 bits per heavy atom. The molecule has 2 rings (SSSR count). The Hall–Kier alpha value is -2.57. The minimum absolute atomic E-state index is 0.125. The molecule has 21 heavy (non-hydrogen) atoms. The summed E-state index contributed by atoms with van der Waals surface area (Å²) in [6.45, 7) is -0.533. The molecule has 1 aromatic rings. The molecule has 3 N–H and O–H groups in total. The fourth-order valence-corrected chi connectivity index (χ4v) is 2.07. The van der Waals surface area contributed by atoms with Gasteiger partial charge in [-0.15, -0.1) is 6.42 Å². The first-order valence-electron chi connectivity index (χ1n) is 5.84. The van der Waals surface area contributed by atoms with Crippen LogP contribution in [-0.4, -0.2) is 44.6 Å². The van der Waals surface area contributed by atoms with Crippen LogP contribution in [0.15, 0.2) is 20.9 Å². The van der Waals surface area contributed by atoms with Gasteiger partial charge in [0.15, 0.2) is 0 Å². The highest BCUT2D eigenvalue weighted by atomic mass is 16.5. The van der Waals surface area contributed by atoms with Crippen LogP contribution in [0.5, 0.6) is 0 Å². The third kappa shape index (κ3) is 2.54. The second-order valence-electron chi connectivity index (χ2n) is 4.29. The number of aliphatic hydroxyl groups is 2. The molecule has 110 valence electrons. The van der Waals surface area contributed by atoms with Crippen LogP contribution < -0.4 is 11.2 Å². The van der Waals surface area contributed by atoms with Crippen molar-refractivity contribution in [2.45, 2.75) is 24.5 Å². The van der Waals surface area contributed by atoms with Gasteiger partial charge in [-0.25, -0.2) is 4.79 Å². The van der Waals surface area contributed by atoms with Crippen molar-refractivity contribution in [3.05, 3.63) is 43.0 Å². The van der Waals surface area contributed by atoms with Gasteiger partial charge < -0.3 is 14.9 Å². The summed E-state index contributed by atoms with van der Waals surface area (Å²) in [5.41, 5.74) is 6.83. The van der Waals surface area contributed by atoms with Gasteiger partial charge in [0.05, 0.1) is 12.7 Å². The molecule has 0 bridgehead atoms. The van der Waals surface area contributed by atoms with Crippen molar-refractivity contribution < 1.29 is 14.9 Å². The second kappa shape index (κ2) is 5.82. The van der Waals surface area contributed by atoms with Crippen LogP contribution in [0, 0.1) is 12.3 Å². The number of aliphatic hydroxyl groups excluding tert-OH is 2. The predicted molar refractivity (Wildman–Crippen MR) is 69.2 cm³/mol. The van der Waals surface area contributed by atoms with Gasteiger partial charge in [0.25, 0.3) is 5.56 Å². The summed E-state index contributed by atoms with van der Waals surface area (Å²) >= 11 is 0. The molecular formula is C11H11N5O5. The summed E-state index contributed by atoms with van der Waals surface area (Å²) in [6.07, 6.45) is 2.69. The molecule has 0 aromatic carbocycles. The van der Waals surface area contributed by atoms with E-state index in [1.54, 1.807) is 0 Å². The van der Waals surface area contributed by atoms with E-state index in [1.165, 1.54) is 0 Å². The van der Waals surface area contributed by atoms with Gasteiger partial charge in [0, 0.05) is 11.1 Å². The standard InChI is InChI=1S/C11H11N5O5/c1-2-5-3-16(11(20)13-9(5)19)10-7(14-15-12)8(18)6(4-17)21-10/h1,3,6-8,10,17-18H,4H2,(H,13,19,20)/t6-,7+,8-,10-/m1/s1. The molecule has 0 unspecified atom stereocenters. The number of aromatic amines is 1. The summed E-state index contributed by atoms with van der Waals surface area (Å²) in [5.74, 6) is 2.10. The molecule has 10 heteroatoms. The Morgan fingerprint density at radius 2 is 2.33 bits per heavy atom. The van der Waals surface area contributed by atoms with Crippen LogP contribution in [0.4, 0.5) is 0 Å². The SMILES string of the molecule is C#Cc1cn([C@@H]2O[C@H](CO)[C@@H](O)[C@@H]2N=[N+]=[N-])c(=O)[nH]c1=O. The molecule has 1 fully saturated rings. The monoisotopic (exact) mass is 293 g/mol. The number of nitrogens with zero attached hydrogens (tertiary/aromatic N) is 4. The lowest BCUT2D eigenvalue weighted by atomic mass is 10.1. The molecule has 0 amide bonds. The molecule has 1 saturated heterocycles. The molecular weight excluding hydrogens is 282 g/mol. The van der Waals surface area contributed by atoms with Gasteiger partial charge in [0.2, 0.25) is 0 Å². The molecule has 4 atom stereocenters. The average molecular weight is 293 g/mol. The number of azide groups is 1. The molecule has 1 aromatic heterocycles. The first-order valence-corrected chi connectivity index (χ1v) is 5.84. The number of hydrogen-bond acceptors (Lipinski definition) is 6. The summed E-state index contributed by atoms with van der Waals surface area (Å²) in [5, 5.41) is 22.4. The van der Waals surface area contributed by atoms with Crippen LogP contribution in [0.25, 0.3) is 10.4 Å². The van der Waals surface area contributed by atoms with Crippen molar-refractivity contribution in [2.24, 2.45) is 5.11 Å². The third-order valence-corrected chi connectivity index (χ3v) is 3.10. The normalized spacial score (nSPS) is 27.9. The lowest BCUT2D eigenvalue weighted by Crippen LogP contribution is -2.37. The maximum Gasteiger partial charge on any atom is 0.330 e. The zero-order valence-corrected chi connectivity index (χ0v) is 10.6. The topological polar surface area (TPSA) is 153 Å². The fraction of sp³-hybridized carbons (Fsp3) is 0.455. The number of nitrogens with one attached hydrogen (secondary N) is 1. The Labute approximate surface area is 117 Å². The number of ether oxygens (including phenoxy) is 1. The van der Waals surface area contributed by atoms with Crippen LogP contribution in [0.1, 0.15) is 11.8 Å². The average Bonchev–Trinajstić information content (AvgIpc) is 2.77. The van der Waals surface area contributed by atoms with E-state index >= 15 is 0 Å². The first kappa shape index (κ1) is 14.8. The van der Waals surface area contributed by atoms with E-state index in [9.17, 15) is 14.7 Å². The van der Waals surface area contributed by atoms with E-state index in [2.05, 4.69) is 15.9 Å². The Morgan fingerprint density at radius 3 is 2.90 bits per heavy atom. The predicted octanol–water partition coefficient (Wildman–Crippen LogP) is -1.55. The van der Waals surface area contributed by atoms with Crippen LogP contribution in [0.2, 0.25) is 0 Å². The zero-order chi connectivity index (χ0) is 15.6. The molecule has 0 saturated carbocycles. The van der Waals surface area contributed by atoms with Crippen LogP contribution >= 0.6 is 0 Å². The summed E-state index contributed by atoms with van der Waals surface area (Å²) in [4.78, 5) is 27.8. The van der Waals surface area contributed by atoms with E-state index in [1.807, 2.05) is 4.98 Å². The van der Waals surface area contributed by atoms with Gasteiger partial charge in [-0.3, -0.25) is 14.3 Å². The lowest BCUT2D eigenvalue weighted by Gasteiger charge is -2.17. The van der Waals surface area contributed by atoms with Gasteiger partial charge in [-0.1, -0.05) is 11.0 Å². The van der Waals surface area contributed by atoms with E-state index in [0.717, 1.165) is 10.8 Å². The number of H-pyrrole nitrogens is 1. The quantitative estimate of drug-likeness (QED) is 0.266. The maximum atomic E-state index is 11.8. The molecule has 0 spiro atoms. The first-order chi connectivity index (χ1) is 10.0. The molecule has 10 nitrogen and oxygen atoms in total. The molecule has 0 radical (unpaired) electrons. The van der Waals surface area contributed by atoms with Gasteiger partial charge in [0.1, 0.15) is 23.9 Å². The molecule has 2 heterocycles. The summed E-state index contributed by atoms with van der Waals surface area (Å²) in [6, 6.07) is -1.15. The van der Waals surface area contributed by atoms with Crippen molar-refractivity contribution in [2.75, 3.05) is 6.61 Å². The van der Waals surface area contributed by atoms with Crippen molar-refractivity contribution in [3.63, 3.8) is 0 Å². The van der Waals surface area contributed by atoms with Crippen molar-refractivity contribution >= 4 is 0 Å². The second-order valence-corrected chi connectivity index (χ2v) is 4.29. The number of rotatable bonds is 3. The van der Waals surface area contributed by atoms with Gasteiger partial charge >= 0.3 is 5.69 Å². The zero-order valence-electron chi connectivity index (χ0n) is 10.6. The Balaban J connectivity index is 2.55. The lowest BCUT2D eigenvalue weighted by molar-refractivity contribution is -0.0465. The van der Waals surface area contributed by atoms with E-state index < -0.39 is 42.3 Å². The van der Waals surface area contributed by atoms with Gasteiger partial charge in [-0.05, 0) is 5.53 Å². The third-order valence-electron chi connectivity index (χ3n) is 3.10. The Bertz CT molecular complexity index is 741. The highest BCUT2D eigenvalue weighted by Crippen LogP contribution is 2.30. The van der Waals surface area contributed by atoms with Crippen LogP contribution in [-0.2, 0) is 4.74 Å². The highest BCUT2D eigenvalue weighted by Gasteiger charge is 2.44. The van der Waals surface area contributed by atoms with E-state index in [0.29, 0.717) is 0 Å². The number of hydrogen-bond donors (Lipinski definition) is 3. The van der Waals surface area contributed by atoms with Crippen molar-refractivity contribution in [1.82, 2.24) is 9.55 Å². The van der Waals surface area contributed by atoms with E-state index in [-0.39, 0.29) is 5.56 Å². The minimum Gasteiger partial charge on any atom is -0.394 e. The number of aromatic nitrogens is 2. The molecule has 1 aliphatic heterocycles. The van der Waals surface area contributed by atoms with Crippen LogP contribution in [0.3, 0.4) is 0 Å². The molecule has 1 aliphatic rings. The smallest absolute Gasteiger partial charge is 0.330 e. The summed E-state index contributed by atoms with van der Waals surface area (Å²) in [7, 11) is 0. The maximum absolute atomic E-state index is 11.8. The van der Waals surface area contributed by atoms with Crippen molar-refractivity contribution in [3.8, 4) is 12.3 Å². The van der Waals surface area contributed by atoms with Crippen molar-refractivity contribution in [1.29, 1.82) is 0 Å². The van der Waals surface area contributed by atoms with E-state index in [4.69, 9.17) is 21.8 Å². The fourth-order valence-electron chi connectivity index (χ4n) is 2.07. The minimum atomic E-state index is -1.30. The largest absolute Gasteiger partial charge is 0.394 e. The number of terminal acetylenes is 1. The Kier molecular flexibility index (Phi) is 4.11. The summed E-state index contributed by atoms with van der Waals surface area (Å²) < 4.78 is 6.21. The molecule has 0 aliphatic carbocycles. The van der Waals surface area contributed by atoms with Gasteiger partial charge in [-0.2, -0.15) is 0 Å².